The number of hydrogen-bond acceptors (Lipinski definition) is 6. The van der Waals surface area contributed by atoms with Crippen molar-refractivity contribution in [1.29, 1.82) is 0 Å². The van der Waals surface area contributed by atoms with E-state index in [-0.39, 0.29) is 23.4 Å². The van der Waals surface area contributed by atoms with E-state index in [1.54, 1.807) is 31.4 Å². The lowest BCUT2D eigenvalue weighted by Crippen LogP contribution is -2.09. The number of rotatable bonds is 5. The Kier molecular flexibility index (Phi) is 4.57. The lowest BCUT2D eigenvalue weighted by atomic mass is 10.3. The van der Waals surface area contributed by atoms with E-state index < -0.39 is 0 Å². The monoisotopic (exact) mass is 295 g/mol. The smallest absolute Gasteiger partial charge is 0.329 e. The van der Waals surface area contributed by atoms with Gasteiger partial charge in [-0.05, 0) is 37.6 Å². The van der Waals surface area contributed by atoms with Crippen LogP contribution < -0.4 is 14.2 Å². The Morgan fingerprint density at radius 1 is 1.05 bits per heavy atom. The van der Waals surface area contributed by atoms with E-state index in [1.165, 1.54) is 0 Å². The van der Waals surface area contributed by atoms with Crippen LogP contribution in [0.25, 0.3) is 0 Å². The second-order valence-corrected chi connectivity index (χ2v) is 4.46. The number of ether oxygens (including phenoxy) is 3. The molecule has 0 aliphatic heterocycles. The first kappa shape index (κ1) is 14.3. The quantitative estimate of drug-likeness (QED) is 0.844. The highest BCUT2D eigenvalue weighted by Gasteiger charge is 2.10. The van der Waals surface area contributed by atoms with Crippen molar-refractivity contribution < 1.29 is 14.2 Å². The van der Waals surface area contributed by atoms with Crippen LogP contribution in [0, 0.1) is 0 Å². The van der Waals surface area contributed by atoms with Crippen LogP contribution >= 0.6 is 11.6 Å². The summed E-state index contributed by atoms with van der Waals surface area (Å²) in [5, 5.41) is 0.00791. The Bertz CT molecular complexity index is 593. The first-order valence-corrected chi connectivity index (χ1v) is 6.35. The second-order valence-electron chi connectivity index (χ2n) is 4.12. The van der Waals surface area contributed by atoms with E-state index in [9.17, 15) is 0 Å². The molecule has 1 aromatic heterocycles. The minimum absolute atomic E-state index is 0.00791. The fourth-order valence-electron chi connectivity index (χ4n) is 1.39. The Hall–Kier alpha value is -2.08. The molecule has 7 heteroatoms. The predicted octanol–water partition coefficient (Wildman–Crippen LogP) is 3.11. The van der Waals surface area contributed by atoms with Crippen LogP contribution in [0.2, 0.25) is 5.28 Å². The molecule has 0 unspecified atom stereocenters. The zero-order valence-electron chi connectivity index (χ0n) is 11.3. The number of halogens is 1. The van der Waals surface area contributed by atoms with Crippen LogP contribution in [0.1, 0.15) is 13.8 Å². The van der Waals surface area contributed by atoms with E-state index >= 15 is 0 Å². The van der Waals surface area contributed by atoms with E-state index in [2.05, 4.69) is 15.0 Å². The van der Waals surface area contributed by atoms with Crippen LogP contribution in [0.5, 0.6) is 23.5 Å². The molecule has 1 heterocycles. The van der Waals surface area contributed by atoms with Gasteiger partial charge in [0.2, 0.25) is 5.28 Å². The normalized spacial score (nSPS) is 10.4. The van der Waals surface area contributed by atoms with Crippen LogP contribution in [0.3, 0.4) is 0 Å². The molecule has 0 bridgehead atoms. The molecule has 0 atom stereocenters. The van der Waals surface area contributed by atoms with E-state index in [1.807, 2.05) is 13.8 Å². The second kappa shape index (κ2) is 6.38. The third kappa shape index (κ3) is 3.96. The SMILES string of the molecule is COc1cccc(Oc2nc(Cl)nc(OC(C)C)n2)c1. The van der Waals surface area contributed by atoms with E-state index in [0.717, 1.165) is 0 Å². The van der Waals surface area contributed by atoms with Gasteiger partial charge in [-0.2, -0.15) is 9.97 Å². The van der Waals surface area contributed by atoms with Crippen molar-refractivity contribution in [2.45, 2.75) is 20.0 Å². The van der Waals surface area contributed by atoms with Gasteiger partial charge in [-0.15, -0.1) is 4.98 Å². The minimum atomic E-state index is -0.0712. The molecule has 1 aromatic carbocycles. The van der Waals surface area contributed by atoms with Crippen molar-refractivity contribution in [3.8, 4) is 23.5 Å². The molecule has 0 saturated carbocycles. The van der Waals surface area contributed by atoms with Gasteiger partial charge in [0.05, 0.1) is 13.2 Å². The van der Waals surface area contributed by atoms with Gasteiger partial charge in [0.1, 0.15) is 11.5 Å². The summed E-state index contributed by atoms with van der Waals surface area (Å²) < 4.78 is 16.0. The van der Waals surface area contributed by atoms with Gasteiger partial charge in [0.25, 0.3) is 0 Å². The third-order valence-corrected chi connectivity index (χ3v) is 2.33. The first-order chi connectivity index (χ1) is 9.56. The van der Waals surface area contributed by atoms with Crippen molar-refractivity contribution in [2.75, 3.05) is 7.11 Å². The summed E-state index contributed by atoms with van der Waals surface area (Å²) in [4.78, 5) is 11.8. The van der Waals surface area contributed by atoms with Crippen molar-refractivity contribution >= 4 is 11.6 Å². The van der Waals surface area contributed by atoms with Crippen molar-refractivity contribution in [3.63, 3.8) is 0 Å². The van der Waals surface area contributed by atoms with Gasteiger partial charge in [0, 0.05) is 6.07 Å². The minimum Gasteiger partial charge on any atom is -0.497 e. The average molecular weight is 296 g/mol. The van der Waals surface area contributed by atoms with E-state index in [0.29, 0.717) is 11.5 Å². The standard InChI is InChI=1S/C13H14ClN3O3/c1-8(2)19-12-15-11(14)16-13(17-12)20-10-6-4-5-9(7-10)18-3/h4-8H,1-3H3. The van der Waals surface area contributed by atoms with Crippen molar-refractivity contribution in [1.82, 2.24) is 15.0 Å². The molecule has 0 saturated heterocycles. The highest BCUT2D eigenvalue weighted by molar-refractivity contribution is 6.28. The summed E-state index contributed by atoms with van der Waals surface area (Å²) in [5.41, 5.74) is 0. The van der Waals surface area contributed by atoms with Crippen LogP contribution in [-0.2, 0) is 0 Å². The molecule has 0 fully saturated rings. The maximum absolute atomic E-state index is 5.81. The fraction of sp³-hybridized carbons (Fsp3) is 0.308. The van der Waals surface area contributed by atoms with Gasteiger partial charge < -0.3 is 14.2 Å². The van der Waals surface area contributed by atoms with Gasteiger partial charge in [0.15, 0.2) is 0 Å². The maximum Gasteiger partial charge on any atom is 0.329 e. The molecular formula is C13H14ClN3O3. The molecule has 106 valence electrons. The Labute approximate surface area is 121 Å². The number of methoxy groups -OCH3 is 1. The van der Waals surface area contributed by atoms with Crippen LogP contribution in [0.4, 0.5) is 0 Å². The molecule has 0 amide bonds. The maximum atomic E-state index is 5.81. The number of nitrogens with zero attached hydrogens (tertiary/aromatic N) is 3. The van der Waals surface area contributed by atoms with Gasteiger partial charge in [-0.1, -0.05) is 6.07 Å². The van der Waals surface area contributed by atoms with Crippen molar-refractivity contribution in [3.05, 3.63) is 29.5 Å². The molecule has 0 spiro atoms. The molecule has 0 N–H and O–H groups in total. The van der Waals surface area contributed by atoms with Gasteiger partial charge in [-0.25, -0.2) is 0 Å². The molecule has 0 aliphatic carbocycles. The summed E-state index contributed by atoms with van der Waals surface area (Å²) in [6.07, 6.45) is -0.0712. The van der Waals surface area contributed by atoms with Gasteiger partial charge in [-0.3, -0.25) is 0 Å². The molecular weight excluding hydrogens is 282 g/mol. The van der Waals surface area contributed by atoms with Gasteiger partial charge >= 0.3 is 12.0 Å². The van der Waals surface area contributed by atoms with Crippen molar-refractivity contribution in [2.24, 2.45) is 0 Å². The topological polar surface area (TPSA) is 66.4 Å². The number of benzene rings is 1. The number of hydrogen-bond donors (Lipinski definition) is 0. The van der Waals surface area contributed by atoms with Crippen LogP contribution in [-0.4, -0.2) is 28.2 Å². The molecule has 0 aliphatic rings. The highest BCUT2D eigenvalue weighted by atomic mass is 35.5. The van der Waals surface area contributed by atoms with E-state index in [4.69, 9.17) is 25.8 Å². The lowest BCUT2D eigenvalue weighted by Gasteiger charge is -2.09. The summed E-state index contributed by atoms with van der Waals surface area (Å²) in [5.74, 6) is 1.20. The molecule has 2 rings (SSSR count). The fourth-order valence-corrected chi connectivity index (χ4v) is 1.54. The Morgan fingerprint density at radius 2 is 1.75 bits per heavy atom. The summed E-state index contributed by atoms with van der Waals surface area (Å²) in [6.45, 7) is 3.72. The lowest BCUT2D eigenvalue weighted by molar-refractivity contribution is 0.218. The largest absolute Gasteiger partial charge is 0.497 e. The zero-order valence-corrected chi connectivity index (χ0v) is 12.1. The molecule has 20 heavy (non-hydrogen) atoms. The summed E-state index contributed by atoms with van der Waals surface area (Å²) in [6, 6.07) is 7.25. The average Bonchev–Trinajstić information content (AvgIpc) is 2.37. The zero-order chi connectivity index (χ0) is 14.5. The Balaban J connectivity index is 2.21. The molecule has 6 nitrogen and oxygen atoms in total. The molecule has 2 aromatic rings. The van der Waals surface area contributed by atoms with Crippen LogP contribution in [0.15, 0.2) is 24.3 Å². The predicted molar refractivity (Wildman–Crippen MR) is 73.7 cm³/mol. The Morgan fingerprint density at radius 3 is 2.45 bits per heavy atom. The summed E-state index contributed by atoms with van der Waals surface area (Å²) >= 11 is 5.81. The summed E-state index contributed by atoms with van der Waals surface area (Å²) in [7, 11) is 1.58. The molecule has 0 radical (unpaired) electrons. The first-order valence-electron chi connectivity index (χ1n) is 5.97. The highest BCUT2D eigenvalue weighted by Crippen LogP contribution is 2.24. The number of aromatic nitrogens is 3. The third-order valence-electron chi connectivity index (χ3n) is 2.16.